The van der Waals surface area contributed by atoms with Crippen LogP contribution in [0, 0.1) is 5.82 Å². The van der Waals surface area contributed by atoms with Crippen LogP contribution in [0.15, 0.2) is 58.3 Å². The number of nitrogens with zero attached hydrogens (tertiary/aromatic N) is 2. The number of fused-ring (bicyclic) bond motifs is 3. The SMILES string of the molecule is COc1cc2n(c(=O)c1C(=O)Cl)-c1ccc(Cl)cc1C(c1ccccc1F)=NC2. The van der Waals surface area contributed by atoms with Crippen molar-refractivity contribution in [2.45, 2.75) is 6.54 Å². The summed E-state index contributed by atoms with van der Waals surface area (Å²) < 4.78 is 21.1. The summed E-state index contributed by atoms with van der Waals surface area (Å²) in [4.78, 5) is 29.6. The van der Waals surface area contributed by atoms with Crippen LogP contribution in [0.2, 0.25) is 5.02 Å². The predicted octanol–water partition coefficient (Wildman–Crippen LogP) is 4.37. The number of aromatic nitrogens is 1. The van der Waals surface area contributed by atoms with E-state index < -0.39 is 16.6 Å². The van der Waals surface area contributed by atoms with E-state index in [0.717, 1.165) is 0 Å². The van der Waals surface area contributed by atoms with Gasteiger partial charge in [0.15, 0.2) is 0 Å². The zero-order chi connectivity index (χ0) is 20.7. The molecule has 0 saturated heterocycles. The molecule has 3 aromatic rings. The summed E-state index contributed by atoms with van der Waals surface area (Å²) in [7, 11) is 1.34. The van der Waals surface area contributed by atoms with Gasteiger partial charge in [0.25, 0.3) is 10.8 Å². The maximum absolute atomic E-state index is 14.5. The molecular formula is C21H13Cl2FN2O3. The lowest BCUT2D eigenvalue weighted by Crippen LogP contribution is -2.27. The average Bonchev–Trinajstić information content (AvgIpc) is 2.84. The Kier molecular flexibility index (Phi) is 4.98. The van der Waals surface area contributed by atoms with Crippen molar-refractivity contribution in [1.29, 1.82) is 0 Å². The molecule has 0 radical (unpaired) electrons. The van der Waals surface area contributed by atoms with E-state index in [4.69, 9.17) is 27.9 Å². The van der Waals surface area contributed by atoms with Crippen molar-refractivity contribution in [3.8, 4) is 11.4 Å². The molecule has 2 heterocycles. The summed E-state index contributed by atoms with van der Waals surface area (Å²) in [5.74, 6) is -0.397. The number of halogens is 3. The third-order valence-corrected chi connectivity index (χ3v) is 5.07. The number of methoxy groups -OCH3 is 1. The molecule has 0 aliphatic carbocycles. The van der Waals surface area contributed by atoms with Gasteiger partial charge in [-0.3, -0.25) is 19.1 Å². The van der Waals surface area contributed by atoms with Crippen molar-refractivity contribution in [2.75, 3.05) is 7.11 Å². The Morgan fingerprint density at radius 3 is 2.62 bits per heavy atom. The van der Waals surface area contributed by atoms with Gasteiger partial charge in [-0.2, -0.15) is 0 Å². The smallest absolute Gasteiger partial charge is 0.271 e. The Balaban J connectivity index is 2.09. The maximum atomic E-state index is 14.5. The number of rotatable bonds is 3. The molecule has 0 spiro atoms. The molecule has 8 heteroatoms. The summed E-state index contributed by atoms with van der Waals surface area (Å²) in [6, 6.07) is 12.6. The molecule has 1 aliphatic rings. The van der Waals surface area contributed by atoms with Crippen molar-refractivity contribution < 1.29 is 13.9 Å². The number of carbonyl (C=O) groups excluding carboxylic acids is 1. The second-order valence-electron chi connectivity index (χ2n) is 6.30. The summed E-state index contributed by atoms with van der Waals surface area (Å²) in [6.07, 6.45) is 0. The summed E-state index contributed by atoms with van der Waals surface area (Å²) >= 11 is 11.8. The normalized spacial score (nSPS) is 12.5. The molecule has 146 valence electrons. The quantitative estimate of drug-likeness (QED) is 0.579. The Bertz CT molecular complexity index is 1250. The van der Waals surface area contributed by atoms with E-state index in [9.17, 15) is 14.0 Å². The second-order valence-corrected chi connectivity index (χ2v) is 7.08. The third-order valence-electron chi connectivity index (χ3n) is 4.65. The van der Waals surface area contributed by atoms with E-state index in [2.05, 4.69) is 4.99 Å². The molecule has 4 rings (SSSR count). The Morgan fingerprint density at radius 2 is 1.93 bits per heavy atom. The number of carbonyl (C=O) groups is 1. The van der Waals surface area contributed by atoms with E-state index in [0.29, 0.717) is 27.7 Å². The molecule has 29 heavy (non-hydrogen) atoms. The lowest BCUT2D eigenvalue weighted by atomic mass is 10.00. The van der Waals surface area contributed by atoms with Crippen LogP contribution in [0.25, 0.3) is 5.69 Å². The van der Waals surface area contributed by atoms with Gasteiger partial charge in [-0.05, 0) is 41.9 Å². The molecule has 0 atom stereocenters. The van der Waals surface area contributed by atoms with Crippen LogP contribution >= 0.6 is 23.2 Å². The first-order valence-electron chi connectivity index (χ1n) is 8.54. The zero-order valence-corrected chi connectivity index (χ0v) is 16.6. The Labute approximate surface area is 175 Å². The third kappa shape index (κ3) is 3.24. The second kappa shape index (κ2) is 7.46. The summed E-state index contributed by atoms with van der Waals surface area (Å²) in [5, 5.41) is -0.538. The lowest BCUT2D eigenvalue weighted by molar-refractivity contribution is 0.107. The Hall–Kier alpha value is -2.96. The topological polar surface area (TPSA) is 60.7 Å². The first-order chi connectivity index (χ1) is 13.9. The van der Waals surface area contributed by atoms with Crippen molar-refractivity contribution in [1.82, 2.24) is 4.57 Å². The van der Waals surface area contributed by atoms with Gasteiger partial charge in [0.2, 0.25) is 0 Å². The van der Waals surface area contributed by atoms with Crippen LogP contribution in [-0.2, 0) is 6.54 Å². The molecule has 2 aromatic carbocycles. The fourth-order valence-corrected chi connectivity index (χ4v) is 3.73. The van der Waals surface area contributed by atoms with Crippen molar-refractivity contribution in [2.24, 2.45) is 4.99 Å². The summed E-state index contributed by atoms with van der Waals surface area (Å²) in [5.41, 5.74) is 1.03. The monoisotopic (exact) mass is 430 g/mol. The van der Waals surface area contributed by atoms with Gasteiger partial charge in [-0.15, -0.1) is 0 Å². The van der Waals surface area contributed by atoms with E-state index in [1.54, 1.807) is 36.4 Å². The highest BCUT2D eigenvalue weighted by Crippen LogP contribution is 2.30. The zero-order valence-electron chi connectivity index (χ0n) is 15.1. The minimum atomic E-state index is -0.933. The molecule has 1 aromatic heterocycles. The van der Waals surface area contributed by atoms with E-state index in [-0.39, 0.29) is 23.4 Å². The molecule has 0 unspecified atom stereocenters. The van der Waals surface area contributed by atoms with Crippen LogP contribution in [-0.4, -0.2) is 22.6 Å². The number of hydrogen-bond acceptors (Lipinski definition) is 4. The fraction of sp³-hybridized carbons (Fsp3) is 0.0952. The minimum absolute atomic E-state index is 0.0539. The molecule has 0 bridgehead atoms. The Morgan fingerprint density at radius 1 is 1.17 bits per heavy atom. The van der Waals surface area contributed by atoms with Gasteiger partial charge >= 0.3 is 0 Å². The highest BCUT2D eigenvalue weighted by Gasteiger charge is 2.26. The number of ether oxygens (including phenoxy) is 1. The molecular weight excluding hydrogens is 418 g/mol. The number of benzene rings is 2. The van der Waals surface area contributed by atoms with E-state index >= 15 is 0 Å². The van der Waals surface area contributed by atoms with Crippen LogP contribution in [0.4, 0.5) is 4.39 Å². The predicted molar refractivity (Wildman–Crippen MR) is 110 cm³/mol. The van der Waals surface area contributed by atoms with Crippen molar-refractivity contribution in [3.63, 3.8) is 0 Å². The fourth-order valence-electron chi connectivity index (χ4n) is 3.38. The molecule has 1 aliphatic heterocycles. The van der Waals surface area contributed by atoms with Crippen LogP contribution in [0.3, 0.4) is 0 Å². The standard InChI is InChI=1S/C21H13Cl2FN2O3/c1-29-17-9-12-10-25-19(13-4-2-3-5-15(13)24)14-8-11(22)6-7-16(14)26(12)21(28)18(17)20(23)27/h2-9H,10H2,1H3. The van der Waals surface area contributed by atoms with Crippen molar-refractivity contribution >= 4 is 34.2 Å². The van der Waals surface area contributed by atoms with Gasteiger partial charge in [-0.25, -0.2) is 4.39 Å². The largest absolute Gasteiger partial charge is 0.496 e. The van der Waals surface area contributed by atoms with Gasteiger partial charge in [0.05, 0.1) is 30.7 Å². The molecule has 5 nitrogen and oxygen atoms in total. The maximum Gasteiger partial charge on any atom is 0.271 e. The average molecular weight is 431 g/mol. The number of aliphatic imine (C=N–C) groups is 1. The van der Waals surface area contributed by atoms with E-state index in [1.165, 1.54) is 23.8 Å². The highest BCUT2D eigenvalue weighted by molar-refractivity contribution is 6.68. The lowest BCUT2D eigenvalue weighted by Gasteiger charge is -2.16. The van der Waals surface area contributed by atoms with Crippen LogP contribution in [0.1, 0.15) is 27.2 Å². The van der Waals surface area contributed by atoms with Gasteiger partial charge < -0.3 is 4.74 Å². The van der Waals surface area contributed by atoms with Crippen LogP contribution in [0.5, 0.6) is 5.75 Å². The molecule has 0 N–H and O–H groups in total. The van der Waals surface area contributed by atoms with Gasteiger partial charge in [0.1, 0.15) is 17.1 Å². The van der Waals surface area contributed by atoms with Crippen molar-refractivity contribution in [3.05, 3.63) is 92.1 Å². The first-order valence-corrected chi connectivity index (χ1v) is 9.30. The molecule has 0 saturated carbocycles. The van der Waals surface area contributed by atoms with E-state index in [1.807, 2.05) is 0 Å². The first kappa shape index (κ1) is 19.4. The van der Waals surface area contributed by atoms with Gasteiger partial charge in [0, 0.05) is 22.2 Å². The van der Waals surface area contributed by atoms with Gasteiger partial charge in [-0.1, -0.05) is 23.7 Å². The molecule has 0 amide bonds. The highest BCUT2D eigenvalue weighted by atomic mass is 35.5. The minimum Gasteiger partial charge on any atom is -0.496 e. The molecule has 0 fully saturated rings. The number of pyridine rings is 1. The van der Waals surface area contributed by atoms with Crippen LogP contribution < -0.4 is 10.3 Å². The number of hydrogen-bond donors (Lipinski definition) is 0. The summed E-state index contributed by atoms with van der Waals surface area (Å²) in [6.45, 7) is 0.0539.